The zero-order chi connectivity index (χ0) is 18.3. The van der Waals surface area contributed by atoms with Crippen LogP contribution in [-0.4, -0.2) is 37.2 Å². The molecule has 6 nitrogen and oxygen atoms in total. The molecule has 1 fully saturated rings. The molecular formula is C18H25ClN2O4. The first-order chi connectivity index (χ1) is 12.0. The highest BCUT2D eigenvalue weighted by Gasteiger charge is 2.39. The summed E-state index contributed by atoms with van der Waals surface area (Å²) in [6.45, 7) is 0.601. The number of carbonyl (C=O) groups is 2. The Morgan fingerprint density at radius 3 is 2.64 bits per heavy atom. The quantitative estimate of drug-likeness (QED) is 0.655. The van der Waals surface area contributed by atoms with E-state index >= 15 is 0 Å². The van der Waals surface area contributed by atoms with Crippen LogP contribution in [0.3, 0.4) is 0 Å². The molecular weight excluding hydrogens is 344 g/mol. The lowest BCUT2D eigenvalue weighted by molar-refractivity contribution is -0.151. The highest BCUT2D eigenvalue weighted by molar-refractivity contribution is 6.30. The van der Waals surface area contributed by atoms with Gasteiger partial charge in [-0.05, 0) is 31.0 Å². The van der Waals surface area contributed by atoms with Crippen molar-refractivity contribution in [3.05, 3.63) is 23.2 Å². The van der Waals surface area contributed by atoms with Crippen LogP contribution in [0.15, 0.2) is 18.2 Å². The van der Waals surface area contributed by atoms with Crippen LogP contribution < -0.4 is 15.4 Å². The predicted octanol–water partition coefficient (Wildman–Crippen LogP) is 3.30. The van der Waals surface area contributed by atoms with E-state index in [1.54, 1.807) is 25.3 Å². The number of rotatable bonds is 8. The maximum atomic E-state index is 12.1. The normalized spacial score (nSPS) is 16.1. The number of carbonyl (C=O) groups excluding carboxylic acids is 1. The lowest BCUT2D eigenvalue weighted by Gasteiger charge is -2.33. The molecule has 25 heavy (non-hydrogen) atoms. The second kappa shape index (κ2) is 8.94. The molecule has 0 saturated heterocycles. The summed E-state index contributed by atoms with van der Waals surface area (Å²) in [5.41, 5.74) is -0.0885. The van der Waals surface area contributed by atoms with E-state index in [1.807, 2.05) is 0 Å². The van der Waals surface area contributed by atoms with Gasteiger partial charge in [0.1, 0.15) is 5.75 Å². The lowest BCUT2D eigenvalue weighted by atomic mass is 9.74. The molecule has 1 aromatic rings. The molecule has 0 bridgehead atoms. The van der Waals surface area contributed by atoms with Gasteiger partial charge in [0.2, 0.25) is 5.91 Å². The molecule has 0 aromatic heterocycles. The summed E-state index contributed by atoms with van der Waals surface area (Å²) in [5, 5.41) is 16.0. The highest BCUT2D eigenvalue weighted by Crippen LogP contribution is 2.36. The number of amides is 1. The number of hydrogen-bond acceptors (Lipinski definition) is 4. The van der Waals surface area contributed by atoms with Crippen LogP contribution in [0.4, 0.5) is 5.69 Å². The third-order valence-electron chi connectivity index (χ3n) is 4.72. The largest absolute Gasteiger partial charge is 0.495 e. The van der Waals surface area contributed by atoms with Crippen molar-refractivity contribution >= 4 is 29.2 Å². The van der Waals surface area contributed by atoms with E-state index in [-0.39, 0.29) is 18.9 Å². The van der Waals surface area contributed by atoms with Crippen molar-refractivity contribution in [3.63, 3.8) is 0 Å². The Kier molecular flexibility index (Phi) is 6.93. The minimum Gasteiger partial charge on any atom is -0.495 e. The molecule has 0 radical (unpaired) electrons. The van der Waals surface area contributed by atoms with Crippen molar-refractivity contribution in [3.8, 4) is 5.75 Å². The zero-order valence-corrected chi connectivity index (χ0v) is 15.2. The SMILES string of the molecule is COc1ccc(Cl)cc1NCCC(=O)NCC1(C(=O)O)CCCCC1. The summed E-state index contributed by atoms with van der Waals surface area (Å²) < 4.78 is 5.24. The van der Waals surface area contributed by atoms with E-state index in [9.17, 15) is 14.7 Å². The van der Waals surface area contributed by atoms with Crippen LogP contribution in [0.25, 0.3) is 0 Å². The Morgan fingerprint density at radius 1 is 1.28 bits per heavy atom. The van der Waals surface area contributed by atoms with Gasteiger partial charge in [0.05, 0.1) is 18.2 Å². The van der Waals surface area contributed by atoms with Crippen LogP contribution in [0.1, 0.15) is 38.5 Å². The molecule has 1 aliphatic carbocycles. The first kappa shape index (κ1) is 19.4. The number of carboxylic acid groups (broad SMARTS) is 1. The minimum atomic E-state index is -0.811. The third kappa shape index (κ3) is 5.26. The van der Waals surface area contributed by atoms with Gasteiger partial charge in [0.15, 0.2) is 0 Å². The second-order valence-corrected chi connectivity index (χ2v) is 6.88. The molecule has 2 rings (SSSR count). The molecule has 0 unspecified atom stereocenters. The van der Waals surface area contributed by atoms with Crippen LogP contribution in [0, 0.1) is 5.41 Å². The van der Waals surface area contributed by atoms with Crippen molar-refractivity contribution in [2.45, 2.75) is 38.5 Å². The summed E-state index contributed by atoms with van der Waals surface area (Å²) in [7, 11) is 1.57. The number of nitrogens with one attached hydrogen (secondary N) is 2. The zero-order valence-electron chi connectivity index (χ0n) is 14.4. The van der Waals surface area contributed by atoms with Gasteiger partial charge in [-0.1, -0.05) is 30.9 Å². The summed E-state index contributed by atoms with van der Waals surface area (Å²) >= 11 is 5.97. The number of carboxylic acids is 1. The Balaban J connectivity index is 1.81. The maximum Gasteiger partial charge on any atom is 0.311 e. The summed E-state index contributed by atoms with van der Waals surface area (Å²) in [6.07, 6.45) is 4.36. The van der Waals surface area contributed by atoms with Crippen molar-refractivity contribution in [2.24, 2.45) is 5.41 Å². The third-order valence-corrected chi connectivity index (χ3v) is 4.95. The number of halogens is 1. The maximum absolute atomic E-state index is 12.1. The molecule has 1 amide bonds. The molecule has 1 aromatic carbocycles. The van der Waals surface area contributed by atoms with Gasteiger partial charge in [0.25, 0.3) is 0 Å². The molecule has 7 heteroatoms. The number of ether oxygens (including phenoxy) is 1. The first-order valence-corrected chi connectivity index (χ1v) is 8.92. The molecule has 0 atom stereocenters. The fourth-order valence-corrected chi connectivity index (χ4v) is 3.35. The van der Waals surface area contributed by atoms with Crippen molar-refractivity contribution in [1.29, 1.82) is 0 Å². The average Bonchev–Trinajstić information content (AvgIpc) is 2.61. The van der Waals surface area contributed by atoms with E-state index in [0.717, 1.165) is 24.9 Å². The van der Waals surface area contributed by atoms with Crippen LogP contribution >= 0.6 is 11.6 Å². The van der Waals surface area contributed by atoms with Gasteiger partial charge in [-0.15, -0.1) is 0 Å². The van der Waals surface area contributed by atoms with Gasteiger partial charge in [0, 0.05) is 24.5 Å². The van der Waals surface area contributed by atoms with Crippen LogP contribution in [-0.2, 0) is 9.59 Å². The minimum absolute atomic E-state index is 0.167. The fourth-order valence-electron chi connectivity index (χ4n) is 3.18. The number of methoxy groups -OCH3 is 1. The van der Waals surface area contributed by atoms with E-state index in [4.69, 9.17) is 16.3 Å². The first-order valence-electron chi connectivity index (χ1n) is 8.54. The molecule has 0 heterocycles. The molecule has 0 spiro atoms. The van der Waals surface area contributed by atoms with E-state index < -0.39 is 11.4 Å². The van der Waals surface area contributed by atoms with Crippen molar-refractivity contribution in [2.75, 3.05) is 25.5 Å². The molecule has 3 N–H and O–H groups in total. The van der Waals surface area contributed by atoms with E-state index in [0.29, 0.717) is 30.2 Å². The summed E-state index contributed by atoms with van der Waals surface area (Å²) in [5.74, 6) is -0.328. The molecule has 138 valence electrons. The Morgan fingerprint density at radius 2 is 2.00 bits per heavy atom. The smallest absolute Gasteiger partial charge is 0.311 e. The van der Waals surface area contributed by atoms with Gasteiger partial charge in [-0.25, -0.2) is 0 Å². The van der Waals surface area contributed by atoms with Gasteiger partial charge in [-0.3, -0.25) is 9.59 Å². The van der Waals surface area contributed by atoms with Gasteiger partial charge >= 0.3 is 5.97 Å². The Labute approximate surface area is 152 Å². The molecule has 1 saturated carbocycles. The highest BCUT2D eigenvalue weighted by atomic mass is 35.5. The average molecular weight is 369 g/mol. The topological polar surface area (TPSA) is 87.7 Å². The van der Waals surface area contributed by atoms with Crippen molar-refractivity contribution in [1.82, 2.24) is 5.32 Å². The number of hydrogen-bond donors (Lipinski definition) is 3. The Hall–Kier alpha value is -1.95. The fraction of sp³-hybridized carbons (Fsp3) is 0.556. The summed E-state index contributed by atoms with van der Waals surface area (Å²) in [4.78, 5) is 23.7. The summed E-state index contributed by atoms with van der Waals surface area (Å²) in [6, 6.07) is 5.22. The van der Waals surface area contributed by atoms with Gasteiger partial charge in [-0.2, -0.15) is 0 Å². The molecule has 1 aliphatic rings. The van der Waals surface area contributed by atoms with Crippen LogP contribution in [0.5, 0.6) is 5.75 Å². The van der Waals surface area contributed by atoms with Gasteiger partial charge < -0.3 is 20.5 Å². The van der Waals surface area contributed by atoms with Crippen molar-refractivity contribution < 1.29 is 19.4 Å². The standard InChI is InChI=1S/C18H25ClN2O4/c1-25-15-6-5-13(19)11-14(15)20-10-7-16(22)21-12-18(17(23)24)8-3-2-4-9-18/h5-6,11,20H,2-4,7-10,12H2,1H3,(H,21,22)(H,23,24). The van der Waals surface area contributed by atoms with E-state index in [1.165, 1.54) is 0 Å². The molecule has 0 aliphatic heterocycles. The number of anilines is 1. The number of benzene rings is 1. The number of aliphatic carboxylic acids is 1. The predicted molar refractivity (Wildman–Crippen MR) is 97.3 cm³/mol. The monoisotopic (exact) mass is 368 g/mol. The lowest BCUT2D eigenvalue weighted by Crippen LogP contribution is -2.44. The van der Waals surface area contributed by atoms with E-state index in [2.05, 4.69) is 10.6 Å². The Bertz CT molecular complexity index is 615. The second-order valence-electron chi connectivity index (χ2n) is 6.44. The van der Waals surface area contributed by atoms with Crippen LogP contribution in [0.2, 0.25) is 5.02 Å².